The Kier molecular flexibility index (Phi) is 1.66. The number of nitrogens with one attached hydrogen (secondary N) is 1. The van der Waals surface area contributed by atoms with E-state index in [1.54, 1.807) is 0 Å². The van der Waals surface area contributed by atoms with E-state index in [1.807, 2.05) is 0 Å². The molecular weight excluding hydrogens is 230 g/mol. The number of hydrogen-bond donors (Lipinski definition) is 1. The first-order valence-electron chi connectivity index (χ1n) is 7.45. The second-order valence-corrected chi connectivity index (χ2v) is 6.50. The molecule has 5 rings (SSSR count). The minimum Gasteiger partial charge on any atom is -0.304 e. The molecular formula is C18H17N. The molecule has 2 saturated carbocycles. The first kappa shape index (κ1) is 10.2. The van der Waals surface area contributed by atoms with Crippen LogP contribution in [0.15, 0.2) is 36.4 Å². The third-order valence-corrected chi connectivity index (χ3v) is 5.48. The van der Waals surface area contributed by atoms with Crippen LogP contribution in [0.1, 0.15) is 36.8 Å². The van der Waals surface area contributed by atoms with Gasteiger partial charge in [-0.3, -0.25) is 0 Å². The van der Waals surface area contributed by atoms with Gasteiger partial charge >= 0.3 is 0 Å². The molecule has 2 aromatic rings. The van der Waals surface area contributed by atoms with E-state index in [1.165, 1.54) is 47.6 Å². The van der Waals surface area contributed by atoms with Crippen LogP contribution < -0.4 is 0 Å². The molecule has 0 radical (unpaired) electrons. The lowest BCUT2D eigenvalue weighted by Gasteiger charge is -2.31. The number of benzene rings is 2. The van der Waals surface area contributed by atoms with Crippen molar-refractivity contribution in [2.75, 3.05) is 0 Å². The lowest BCUT2D eigenvalue weighted by atomic mass is 9.71. The highest BCUT2D eigenvalue weighted by atomic mass is 14.7. The summed E-state index contributed by atoms with van der Waals surface area (Å²) in [4.78, 5) is 0. The van der Waals surface area contributed by atoms with E-state index < -0.39 is 0 Å². The highest BCUT2D eigenvalue weighted by Crippen LogP contribution is 2.63. The summed E-state index contributed by atoms with van der Waals surface area (Å²) in [5, 5.41) is 11.6. The molecule has 1 heteroatoms. The fourth-order valence-corrected chi connectivity index (χ4v) is 4.51. The third kappa shape index (κ3) is 1.06. The van der Waals surface area contributed by atoms with Crippen molar-refractivity contribution in [3.63, 3.8) is 0 Å². The fraction of sp³-hybridized carbons (Fsp3) is 0.389. The van der Waals surface area contributed by atoms with Gasteiger partial charge in [0.1, 0.15) is 0 Å². The van der Waals surface area contributed by atoms with Gasteiger partial charge in [0.15, 0.2) is 0 Å². The number of rotatable bonds is 2. The molecule has 0 aromatic heterocycles. The van der Waals surface area contributed by atoms with Crippen molar-refractivity contribution < 1.29 is 0 Å². The van der Waals surface area contributed by atoms with Gasteiger partial charge in [0.05, 0.1) is 5.71 Å². The van der Waals surface area contributed by atoms with Crippen molar-refractivity contribution in [1.29, 1.82) is 5.41 Å². The highest BCUT2D eigenvalue weighted by molar-refractivity contribution is 6.22. The van der Waals surface area contributed by atoms with Crippen LogP contribution in [-0.2, 0) is 5.41 Å². The first-order valence-corrected chi connectivity index (χ1v) is 7.45. The van der Waals surface area contributed by atoms with Crippen LogP contribution in [-0.4, -0.2) is 5.71 Å². The SMILES string of the molecule is N=C1c2cccc3cccc(c23)C1(C1CC1)C1CC1. The zero-order valence-corrected chi connectivity index (χ0v) is 10.9. The van der Waals surface area contributed by atoms with Crippen LogP contribution in [0, 0.1) is 17.2 Å². The van der Waals surface area contributed by atoms with Crippen LogP contribution in [0.3, 0.4) is 0 Å². The third-order valence-electron chi connectivity index (χ3n) is 5.48. The van der Waals surface area contributed by atoms with E-state index in [4.69, 9.17) is 5.41 Å². The minimum atomic E-state index is 0.0865. The van der Waals surface area contributed by atoms with Gasteiger partial charge in [0.25, 0.3) is 0 Å². The Bertz CT molecular complexity index is 702. The lowest BCUT2D eigenvalue weighted by molar-refractivity contribution is 0.446. The zero-order chi connectivity index (χ0) is 12.6. The van der Waals surface area contributed by atoms with Crippen LogP contribution in [0.5, 0.6) is 0 Å². The molecule has 0 amide bonds. The Balaban J connectivity index is 1.92. The zero-order valence-electron chi connectivity index (χ0n) is 10.9. The standard InChI is InChI=1S/C18H17N/c19-17-14-5-1-3-11-4-2-6-15(16(11)14)18(17,12-7-8-12)13-9-10-13/h1-6,12-13,19H,7-10H2. The van der Waals surface area contributed by atoms with E-state index in [-0.39, 0.29) is 5.41 Å². The van der Waals surface area contributed by atoms with Crippen molar-refractivity contribution in [2.45, 2.75) is 31.1 Å². The molecule has 0 unspecified atom stereocenters. The second-order valence-electron chi connectivity index (χ2n) is 6.50. The maximum absolute atomic E-state index is 8.87. The molecule has 0 saturated heterocycles. The molecule has 1 nitrogen and oxygen atoms in total. The molecule has 0 spiro atoms. The van der Waals surface area contributed by atoms with Crippen LogP contribution >= 0.6 is 0 Å². The quantitative estimate of drug-likeness (QED) is 0.819. The van der Waals surface area contributed by atoms with Gasteiger partial charge in [-0.15, -0.1) is 0 Å². The van der Waals surface area contributed by atoms with Crippen molar-refractivity contribution in [3.05, 3.63) is 47.5 Å². The summed E-state index contributed by atoms with van der Waals surface area (Å²) >= 11 is 0. The maximum atomic E-state index is 8.87. The van der Waals surface area contributed by atoms with Crippen LogP contribution in [0.4, 0.5) is 0 Å². The van der Waals surface area contributed by atoms with E-state index in [0.29, 0.717) is 0 Å². The molecule has 19 heavy (non-hydrogen) atoms. The Morgan fingerprint density at radius 2 is 1.53 bits per heavy atom. The average Bonchev–Trinajstić information content (AvgIpc) is 3.33. The summed E-state index contributed by atoms with van der Waals surface area (Å²) in [6.45, 7) is 0. The van der Waals surface area contributed by atoms with Gasteiger partial charge in [0, 0.05) is 11.0 Å². The normalized spacial score (nSPS) is 24.1. The Morgan fingerprint density at radius 1 is 0.895 bits per heavy atom. The number of hydrogen-bond acceptors (Lipinski definition) is 1. The summed E-state index contributed by atoms with van der Waals surface area (Å²) in [6, 6.07) is 13.2. The van der Waals surface area contributed by atoms with E-state index in [9.17, 15) is 0 Å². The summed E-state index contributed by atoms with van der Waals surface area (Å²) in [7, 11) is 0. The van der Waals surface area contributed by atoms with Crippen molar-refractivity contribution in [3.8, 4) is 0 Å². The van der Waals surface area contributed by atoms with Gasteiger partial charge in [-0.25, -0.2) is 0 Å². The summed E-state index contributed by atoms with van der Waals surface area (Å²) in [5.74, 6) is 1.48. The van der Waals surface area contributed by atoms with Crippen molar-refractivity contribution >= 4 is 16.5 Å². The van der Waals surface area contributed by atoms with Crippen LogP contribution in [0.2, 0.25) is 0 Å². The monoisotopic (exact) mass is 247 g/mol. The second kappa shape index (κ2) is 3.09. The molecule has 3 aliphatic rings. The smallest absolute Gasteiger partial charge is 0.0503 e. The highest BCUT2D eigenvalue weighted by Gasteiger charge is 2.60. The van der Waals surface area contributed by atoms with E-state index >= 15 is 0 Å². The predicted molar refractivity (Wildman–Crippen MR) is 77.9 cm³/mol. The van der Waals surface area contributed by atoms with Crippen molar-refractivity contribution in [2.24, 2.45) is 11.8 Å². The molecule has 1 N–H and O–H groups in total. The molecule has 0 bridgehead atoms. The fourth-order valence-electron chi connectivity index (χ4n) is 4.51. The molecule has 0 heterocycles. The van der Waals surface area contributed by atoms with Crippen molar-refractivity contribution in [1.82, 2.24) is 0 Å². The molecule has 94 valence electrons. The largest absolute Gasteiger partial charge is 0.304 e. The molecule has 3 aliphatic carbocycles. The summed E-state index contributed by atoms with van der Waals surface area (Å²) in [6.07, 6.45) is 5.29. The Morgan fingerprint density at radius 3 is 2.16 bits per heavy atom. The van der Waals surface area contributed by atoms with Gasteiger partial charge in [0.2, 0.25) is 0 Å². The topological polar surface area (TPSA) is 23.9 Å². The van der Waals surface area contributed by atoms with Gasteiger partial charge in [-0.1, -0.05) is 36.4 Å². The average molecular weight is 247 g/mol. The van der Waals surface area contributed by atoms with Gasteiger partial charge in [-0.05, 0) is 53.9 Å². The Hall–Kier alpha value is -1.63. The van der Waals surface area contributed by atoms with E-state index in [2.05, 4.69) is 36.4 Å². The predicted octanol–water partition coefficient (Wildman–Crippen LogP) is 4.28. The summed E-state index contributed by atoms with van der Waals surface area (Å²) < 4.78 is 0. The van der Waals surface area contributed by atoms with Crippen LogP contribution in [0.25, 0.3) is 10.8 Å². The maximum Gasteiger partial charge on any atom is 0.0503 e. The molecule has 0 atom stereocenters. The minimum absolute atomic E-state index is 0.0865. The van der Waals surface area contributed by atoms with Gasteiger partial charge in [-0.2, -0.15) is 0 Å². The Labute approximate surface area is 113 Å². The van der Waals surface area contributed by atoms with Gasteiger partial charge < -0.3 is 5.41 Å². The molecule has 2 fully saturated rings. The first-order chi connectivity index (χ1) is 9.33. The lowest BCUT2D eigenvalue weighted by Crippen LogP contribution is -2.37. The molecule has 2 aromatic carbocycles. The summed E-state index contributed by atoms with van der Waals surface area (Å²) in [5.41, 5.74) is 3.72. The van der Waals surface area contributed by atoms with E-state index in [0.717, 1.165) is 17.5 Å². The molecule has 0 aliphatic heterocycles.